The van der Waals surface area contributed by atoms with E-state index in [1.165, 1.54) is 46.2 Å². The van der Waals surface area contributed by atoms with Gasteiger partial charge in [-0.05, 0) is 73.9 Å². The molecule has 0 aromatic heterocycles. The monoisotopic (exact) mass is 279 g/mol. The summed E-state index contributed by atoms with van der Waals surface area (Å²) in [6.45, 7) is 8.91. The second-order valence-electron chi connectivity index (χ2n) is 6.47. The first kappa shape index (κ1) is 14.3. The molecule has 0 amide bonds. The molecule has 0 spiro atoms. The quantitative estimate of drug-likeness (QED) is 0.838. The largest absolute Gasteiger partial charge is 0.303 e. The molecule has 2 aromatic rings. The minimum absolute atomic E-state index is 0.389. The Morgan fingerprint density at radius 1 is 1.00 bits per heavy atom. The lowest BCUT2D eigenvalue weighted by atomic mass is 9.95. The van der Waals surface area contributed by atoms with Crippen LogP contribution in [0, 0.1) is 20.8 Å². The Hall–Kier alpha value is -1.60. The molecule has 1 nitrogen and oxygen atoms in total. The first-order valence-electron chi connectivity index (χ1n) is 7.98. The Bertz CT molecular complexity index is 657. The van der Waals surface area contributed by atoms with E-state index in [4.69, 9.17) is 0 Å². The standard InChI is InChI=1S/C20H25N/c1-13-11-15(3)19(12-14(13)2)16(4)21-20-10-9-17-7-5-6-8-18(17)20/h5-8,11-12,16,20-21H,9-10H2,1-4H3. The highest BCUT2D eigenvalue weighted by molar-refractivity contribution is 5.39. The summed E-state index contributed by atoms with van der Waals surface area (Å²) < 4.78 is 0. The van der Waals surface area contributed by atoms with Crippen LogP contribution in [0.2, 0.25) is 0 Å². The Morgan fingerprint density at radius 3 is 2.52 bits per heavy atom. The van der Waals surface area contributed by atoms with Crippen LogP contribution in [0.5, 0.6) is 0 Å². The zero-order valence-electron chi connectivity index (χ0n) is 13.5. The Kier molecular flexibility index (Phi) is 3.86. The van der Waals surface area contributed by atoms with Crippen molar-refractivity contribution in [2.75, 3.05) is 0 Å². The smallest absolute Gasteiger partial charge is 0.0331 e. The van der Waals surface area contributed by atoms with E-state index in [1.54, 1.807) is 0 Å². The van der Waals surface area contributed by atoms with E-state index in [2.05, 4.69) is 69.4 Å². The van der Waals surface area contributed by atoms with E-state index in [1.807, 2.05) is 0 Å². The molecule has 21 heavy (non-hydrogen) atoms. The predicted octanol–water partition coefficient (Wildman–Crippen LogP) is 4.95. The van der Waals surface area contributed by atoms with Crippen LogP contribution in [0.4, 0.5) is 0 Å². The molecule has 0 saturated carbocycles. The van der Waals surface area contributed by atoms with Gasteiger partial charge in [-0.2, -0.15) is 0 Å². The lowest BCUT2D eigenvalue weighted by molar-refractivity contribution is 0.463. The van der Waals surface area contributed by atoms with E-state index in [-0.39, 0.29) is 0 Å². The van der Waals surface area contributed by atoms with Crippen molar-refractivity contribution in [2.24, 2.45) is 0 Å². The van der Waals surface area contributed by atoms with Crippen LogP contribution in [0.25, 0.3) is 0 Å². The highest BCUT2D eigenvalue weighted by Gasteiger charge is 2.23. The molecule has 0 saturated heterocycles. The number of hydrogen-bond acceptors (Lipinski definition) is 1. The maximum atomic E-state index is 3.84. The average Bonchev–Trinajstić information content (AvgIpc) is 2.86. The maximum absolute atomic E-state index is 3.84. The van der Waals surface area contributed by atoms with E-state index in [0.29, 0.717) is 12.1 Å². The fourth-order valence-corrected chi connectivity index (χ4v) is 3.57. The lowest BCUT2D eigenvalue weighted by Crippen LogP contribution is -2.23. The van der Waals surface area contributed by atoms with Crippen LogP contribution >= 0.6 is 0 Å². The van der Waals surface area contributed by atoms with Crippen molar-refractivity contribution in [3.8, 4) is 0 Å². The third-order valence-electron chi connectivity index (χ3n) is 4.93. The molecule has 2 unspecified atom stereocenters. The fourth-order valence-electron chi connectivity index (χ4n) is 3.57. The molecule has 1 aliphatic rings. The van der Waals surface area contributed by atoms with Gasteiger partial charge in [0.2, 0.25) is 0 Å². The van der Waals surface area contributed by atoms with Gasteiger partial charge in [0.25, 0.3) is 0 Å². The minimum atomic E-state index is 0.389. The first-order chi connectivity index (χ1) is 10.1. The van der Waals surface area contributed by atoms with Crippen LogP contribution in [0.1, 0.15) is 58.8 Å². The summed E-state index contributed by atoms with van der Waals surface area (Å²) in [6, 6.07) is 14.4. The average molecular weight is 279 g/mol. The van der Waals surface area contributed by atoms with Gasteiger partial charge in [-0.3, -0.25) is 0 Å². The molecule has 3 rings (SSSR count). The van der Waals surface area contributed by atoms with Crippen molar-refractivity contribution in [2.45, 2.75) is 52.6 Å². The second-order valence-corrected chi connectivity index (χ2v) is 6.47. The molecule has 110 valence electrons. The Labute approximate surface area is 128 Å². The summed E-state index contributed by atoms with van der Waals surface area (Å²) >= 11 is 0. The fraction of sp³-hybridized carbons (Fsp3) is 0.400. The highest BCUT2D eigenvalue weighted by Crippen LogP contribution is 2.33. The van der Waals surface area contributed by atoms with Crippen LogP contribution in [0.3, 0.4) is 0 Å². The summed E-state index contributed by atoms with van der Waals surface area (Å²) in [4.78, 5) is 0. The van der Waals surface area contributed by atoms with Crippen molar-refractivity contribution >= 4 is 0 Å². The molecule has 1 N–H and O–H groups in total. The molecule has 0 fully saturated rings. The molecule has 0 bridgehead atoms. The molecule has 2 aromatic carbocycles. The highest BCUT2D eigenvalue weighted by atomic mass is 15.0. The third kappa shape index (κ3) is 2.75. The predicted molar refractivity (Wildman–Crippen MR) is 89.7 cm³/mol. The summed E-state index contributed by atoms with van der Waals surface area (Å²) in [5, 5.41) is 3.84. The van der Waals surface area contributed by atoms with E-state index in [0.717, 1.165) is 0 Å². The van der Waals surface area contributed by atoms with Gasteiger partial charge in [-0.25, -0.2) is 0 Å². The van der Waals surface area contributed by atoms with Crippen LogP contribution in [-0.2, 0) is 6.42 Å². The van der Waals surface area contributed by atoms with Crippen molar-refractivity contribution in [3.63, 3.8) is 0 Å². The zero-order valence-corrected chi connectivity index (χ0v) is 13.5. The van der Waals surface area contributed by atoms with Gasteiger partial charge in [0.15, 0.2) is 0 Å². The topological polar surface area (TPSA) is 12.0 Å². The van der Waals surface area contributed by atoms with Gasteiger partial charge >= 0.3 is 0 Å². The summed E-state index contributed by atoms with van der Waals surface area (Å²) in [5.74, 6) is 0. The van der Waals surface area contributed by atoms with Crippen molar-refractivity contribution in [1.29, 1.82) is 0 Å². The first-order valence-corrected chi connectivity index (χ1v) is 7.98. The zero-order chi connectivity index (χ0) is 15.0. The normalized spacial score (nSPS) is 18.6. The van der Waals surface area contributed by atoms with Crippen molar-refractivity contribution in [3.05, 3.63) is 69.8 Å². The van der Waals surface area contributed by atoms with Crippen LogP contribution < -0.4 is 5.32 Å². The van der Waals surface area contributed by atoms with Gasteiger partial charge in [-0.15, -0.1) is 0 Å². The number of benzene rings is 2. The van der Waals surface area contributed by atoms with Crippen molar-refractivity contribution < 1.29 is 0 Å². The number of rotatable bonds is 3. The van der Waals surface area contributed by atoms with E-state index < -0.39 is 0 Å². The summed E-state index contributed by atoms with van der Waals surface area (Å²) in [6.07, 6.45) is 2.42. The number of fused-ring (bicyclic) bond motifs is 1. The summed E-state index contributed by atoms with van der Waals surface area (Å²) in [7, 11) is 0. The number of hydrogen-bond donors (Lipinski definition) is 1. The molecule has 2 atom stereocenters. The Balaban J connectivity index is 1.82. The van der Waals surface area contributed by atoms with Gasteiger partial charge in [0, 0.05) is 12.1 Å². The minimum Gasteiger partial charge on any atom is -0.303 e. The van der Waals surface area contributed by atoms with Gasteiger partial charge in [0.05, 0.1) is 0 Å². The molecule has 0 radical (unpaired) electrons. The summed E-state index contributed by atoms with van der Waals surface area (Å²) in [5.41, 5.74) is 8.60. The molecule has 0 aliphatic heterocycles. The van der Waals surface area contributed by atoms with E-state index >= 15 is 0 Å². The maximum Gasteiger partial charge on any atom is 0.0331 e. The molecule has 0 heterocycles. The molecule has 1 heteroatoms. The lowest BCUT2D eigenvalue weighted by Gasteiger charge is -2.23. The third-order valence-corrected chi connectivity index (χ3v) is 4.93. The van der Waals surface area contributed by atoms with Crippen LogP contribution in [0.15, 0.2) is 36.4 Å². The SMILES string of the molecule is Cc1cc(C)c(C(C)NC2CCc3ccccc32)cc1C. The van der Waals surface area contributed by atoms with Gasteiger partial charge in [-0.1, -0.05) is 36.4 Å². The number of nitrogens with one attached hydrogen (secondary N) is 1. The molecule has 1 aliphatic carbocycles. The van der Waals surface area contributed by atoms with Crippen LogP contribution in [-0.4, -0.2) is 0 Å². The molecular weight excluding hydrogens is 254 g/mol. The number of aryl methyl sites for hydroxylation is 4. The van der Waals surface area contributed by atoms with E-state index in [9.17, 15) is 0 Å². The molecular formula is C20H25N. The second kappa shape index (κ2) is 5.65. The van der Waals surface area contributed by atoms with Crippen molar-refractivity contribution in [1.82, 2.24) is 5.32 Å². The van der Waals surface area contributed by atoms with Gasteiger partial charge in [0.1, 0.15) is 0 Å². The van der Waals surface area contributed by atoms with Gasteiger partial charge < -0.3 is 5.32 Å². The Morgan fingerprint density at radius 2 is 1.71 bits per heavy atom.